The number of likely N-dealkylation sites (N-methyl/N-ethyl adjacent to an activating group) is 1. The second-order valence-electron chi connectivity index (χ2n) is 7.78. The number of nitrogens with zero attached hydrogens (tertiary/aromatic N) is 5. The van der Waals surface area contributed by atoms with Crippen molar-refractivity contribution < 1.29 is 0 Å². The van der Waals surface area contributed by atoms with E-state index in [-0.39, 0.29) is 5.25 Å². The summed E-state index contributed by atoms with van der Waals surface area (Å²) in [6, 6.07) is 16.8. The van der Waals surface area contributed by atoms with E-state index in [4.69, 9.17) is 11.6 Å². The quantitative estimate of drug-likeness (QED) is 0.632. The molecule has 2 aromatic carbocycles. The largest absolute Gasteiger partial charge is 0.304 e. The molecule has 5 rings (SSSR count). The van der Waals surface area contributed by atoms with E-state index in [2.05, 4.69) is 74.1 Å². The van der Waals surface area contributed by atoms with Crippen LogP contribution in [0.3, 0.4) is 0 Å². The summed E-state index contributed by atoms with van der Waals surface area (Å²) in [7, 11) is 2.18. The van der Waals surface area contributed by atoms with E-state index < -0.39 is 0 Å². The number of thioether (sulfide) groups is 1. The number of rotatable bonds is 3. The smallest absolute Gasteiger partial charge is 0.151 e. The molecule has 29 heavy (non-hydrogen) atoms. The van der Waals surface area contributed by atoms with Crippen LogP contribution in [0.15, 0.2) is 53.4 Å². The van der Waals surface area contributed by atoms with Crippen LogP contribution < -0.4 is 0 Å². The fraction of sp³-hybridized carbons (Fsp3) is 0.364. The number of halogens is 1. The van der Waals surface area contributed by atoms with E-state index in [1.165, 1.54) is 10.5 Å². The lowest BCUT2D eigenvalue weighted by molar-refractivity contribution is 0.145. The van der Waals surface area contributed by atoms with Crippen LogP contribution in [0.2, 0.25) is 5.02 Å². The number of aromatic nitrogens is 3. The van der Waals surface area contributed by atoms with Crippen molar-refractivity contribution in [2.24, 2.45) is 0 Å². The van der Waals surface area contributed by atoms with Gasteiger partial charge in [0.15, 0.2) is 5.82 Å². The number of hydrogen-bond donors (Lipinski definition) is 0. The lowest BCUT2D eigenvalue weighted by Crippen LogP contribution is -2.44. The van der Waals surface area contributed by atoms with E-state index in [9.17, 15) is 0 Å². The van der Waals surface area contributed by atoms with Gasteiger partial charge in [0.05, 0.1) is 12.2 Å². The molecule has 150 valence electrons. The summed E-state index contributed by atoms with van der Waals surface area (Å²) in [5.74, 6) is 2.04. The van der Waals surface area contributed by atoms with Gasteiger partial charge >= 0.3 is 0 Å². The predicted molar refractivity (Wildman–Crippen MR) is 118 cm³/mol. The number of fused-ring (bicyclic) bond motifs is 3. The van der Waals surface area contributed by atoms with Crippen molar-refractivity contribution >= 4 is 23.4 Å². The fourth-order valence-corrected chi connectivity index (χ4v) is 5.60. The Kier molecular flexibility index (Phi) is 5.35. The van der Waals surface area contributed by atoms with E-state index >= 15 is 0 Å². The van der Waals surface area contributed by atoms with E-state index in [1.54, 1.807) is 0 Å². The van der Waals surface area contributed by atoms with Gasteiger partial charge in [0.25, 0.3) is 0 Å². The van der Waals surface area contributed by atoms with Crippen molar-refractivity contribution in [3.8, 4) is 5.69 Å². The standard InChI is InChI=1S/C22H24ClN5S/c1-26-9-11-27(12-10-26)15-22-25-24-21-14-19(16-5-3-2-4-6-16)29-20-13-17(23)7-8-18(20)28(21)22/h2-8,13,19H,9-12,14-15H2,1H3. The van der Waals surface area contributed by atoms with Crippen molar-refractivity contribution in [2.75, 3.05) is 33.2 Å². The summed E-state index contributed by atoms with van der Waals surface area (Å²) in [4.78, 5) is 6.03. The van der Waals surface area contributed by atoms with E-state index in [0.29, 0.717) is 0 Å². The van der Waals surface area contributed by atoms with Gasteiger partial charge in [-0.2, -0.15) is 0 Å². The molecule has 2 aliphatic rings. The van der Waals surface area contributed by atoms with Crippen LogP contribution in [0.25, 0.3) is 5.69 Å². The van der Waals surface area contributed by atoms with Gasteiger partial charge in [-0.05, 0) is 30.8 Å². The highest BCUT2D eigenvalue weighted by molar-refractivity contribution is 7.99. The highest BCUT2D eigenvalue weighted by Crippen LogP contribution is 2.44. The maximum atomic E-state index is 6.37. The van der Waals surface area contributed by atoms with Gasteiger partial charge in [0.1, 0.15) is 5.82 Å². The van der Waals surface area contributed by atoms with Crippen LogP contribution in [-0.4, -0.2) is 57.8 Å². The van der Waals surface area contributed by atoms with Gasteiger partial charge in [-0.1, -0.05) is 41.9 Å². The summed E-state index contributed by atoms with van der Waals surface area (Å²) >= 11 is 8.24. The zero-order valence-electron chi connectivity index (χ0n) is 16.5. The monoisotopic (exact) mass is 425 g/mol. The minimum Gasteiger partial charge on any atom is -0.304 e. The van der Waals surface area contributed by atoms with Gasteiger partial charge in [0, 0.05) is 47.8 Å². The van der Waals surface area contributed by atoms with Gasteiger partial charge in [-0.25, -0.2) is 0 Å². The van der Waals surface area contributed by atoms with Crippen LogP contribution in [0.5, 0.6) is 0 Å². The van der Waals surface area contributed by atoms with E-state index in [1.807, 2.05) is 17.8 Å². The van der Waals surface area contributed by atoms with Crippen LogP contribution in [-0.2, 0) is 13.0 Å². The molecule has 1 saturated heterocycles. The molecule has 1 fully saturated rings. The normalized spacial score (nSPS) is 20.1. The maximum Gasteiger partial charge on any atom is 0.151 e. The molecule has 2 aliphatic heterocycles. The second-order valence-corrected chi connectivity index (χ2v) is 9.46. The Morgan fingerprint density at radius 2 is 1.83 bits per heavy atom. The van der Waals surface area contributed by atoms with Crippen LogP contribution in [0.4, 0.5) is 0 Å². The molecule has 1 aromatic heterocycles. The third-order valence-electron chi connectivity index (χ3n) is 5.73. The van der Waals surface area contributed by atoms with Crippen molar-refractivity contribution in [2.45, 2.75) is 23.1 Å². The molecule has 1 unspecified atom stereocenters. The zero-order valence-corrected chi connectivity index (χ0v) is 18.0. The van der Waals surface area contributed by atoms with E-state index in [0.717, 1.165) is 61.5 Å². The third-order valence-corrected chi connectivity index (χ3v) is 7.27. The molecule has 0 spiro atoms. The second kappa shape index (κ2) is 8.11. The summed E-state index contributed by atoms with van der Waals surface area (Å²) < 4.78 is 2.26. The molecule has 7 heteroatoms. The minimum atomic E-state index is 0.287. The summed E-state index contributed by atoms with van der Waals surface area (Å²) in [5, 5.41) is 10.3. The number of benzene rings is 2. The molecule has 5 nitrogen and oxygen atoms in total. The zero-order chi connectivity index (χ0) is 19.8. The molecule has 0 N–H and O–H groups in total. The summed E-state index contributed by atoms with van der Waals surface area (Å²) in [6.07, 6.45) is 0.844. The first-order valence-electron chi connectivity index (χ1n) is 10.0. The first-order valence-corrected chi connectivity index (χ1v) is 11.3. The molecule has 1 atom stereocenters. The molecule has 3 aromatic rings. The Labute approximate surface area is 180 Å². The first kappa shape index (κ1) is 19.1. The first-order chi connectivity index (χ1) is 14.2. The van der Waals surface area contributed by atoms with Crippen molar-refractivity contribution in [1.82, 2.24) is 24.6 Å². The topological polar surface area (TPSA) is 37.2 Å². The molecule has 0 saturated carbocycles. The van der Waals surface area contributed by atoms with Gasteiger partial charge in [-0.3, -0.25) is 9.47 Å². The molecule has 3 heterocycles. The Hall–Kier alpha value is -1.86. The SMILES string of the molecule is CN1CCN(Cc2nnc3n2-c2ccc(Cl)cc2SC(c2ccccc2)C3)CC1. The van der Waals surface area contributed by atoms with Gasteiger partial charge in [-0.15, -0.1) is 22.0 Å². The van der Waals surface area contributed by atoms with Gasteiger partial charge < -0.3 is 4.90 Å². The average Bonchev–Trinajstić information content (AvgIpc) is 3.04. The Bertz CT molecular complexity index is 998. The summed E-state index contributed by atoms with van der Waals surface area (Å²) in [5.41, 5.74) is 2.45. The Balaban J connectivity index is 1.53. The molecular formula is C22H24ClN5S. The van der Waals surface area contributed by atoms with Crippen LogP contribution in [0.1, 0.15) is 22.5 Å². The highest BCUT2D eigenvalue weighted by atomic mass is 35.5. The summed E-state index contributed by atoms with van der Waals surface area (Å²) in [6.45, 7) is 5.14. The fourth-order valence-electron chi connectivity index (χ4n) is 4.05. The predicted octanol–water partition coefficient (Wildman–Crippen LogP) is 4.06. The third kappa shape index (κ3) is 3.94. The molecule has 0 aliphatic carbocycles. The van der Waals surface area contributed by atoms with Crippen molar-refractivity contribution in [3.63, 3.8) is 0 Å². The number of hydrogen-bond acceptors (Lipinski definition) is 5. The van der Waals surface area contributed by atoms with Crippen LogP contribution >= 0.6 is 23.4 Å². The molecular weight excluding hydrogens is 402 g/mol. The Morgan fingerprint density at radius 1 is 1.03 bits per heavy atom. The lowest BCUT2D eigenvalue weighted by Gasteiger charge is -2.32. The average molecular weight is 426 g/mol. The van der Waals surface area contributed by atoms with Crippen molar-refractivity contribution in [1.29, 1.82) is 0 Å². The maximum absolute atomic E-state index is 6.37. The van der Waals surface area contributed by atoms with Gasteiger partial charge in [0.2, 0.25) is 0 Å². The molecule has 0 amide bonds. The molecule has 0 radical (unpaired) electrons. The lowest BCUT2D eigenvalue weighted by atomic mass is 10.1. The molecule has 0 bridgehead atoms. The van der Waals surface area contributed by atoms with Crippen LogP contribution in [0, 0.1) is 0 Å². The Morgan fingerprint density at radius 3 is 2.62 bits per heavy atom. The van der Waals surface area contributed by atoms with Crippen molar-refractivity contribution in [3.05, 3.63) is 70.8 Å². The number of piperazine rings is 1. The highest BCUT2D eigenvalue weighted by Gasteiger charge is 2.28. The minimum absolute atomic E-state index is 0.287.